The van der Waals surface area contributed by atoms with Gasteiger partial charge in [-0.2, -0.15) is 16.8 Å². The summed E-state index contributed by atoms with van der Waals surface area (Å²) in [5, 5.41) is 0. The summed E-state index contributed by atoms with van der Waals surface area (Å²) in [4.78, 5) is 0. The van der Waals surface area contributed by atoms with Crippen molar-refractivity contribution in [1.82, 2.24) is 0 Å². The van der Waals surface area contributed by atoms with Crippen molar-refractivity contribution in [3.8, 4) is 0 Å². The van der Waals surface area contributed by atoms with Gasteiger partial charge in [0.25, 0.3) is 20.2 Å². The van der Waals surface area contributed by atoms with Crippen molar-refractivity contribution < 1.29 is 25.6 Å². The van der Waals surface area contributed by atoms with Crippen molar-refractivity contribution in [3.05, 3.63) is 0 Å². The molecule has 1 atom stereocenters. The largest absolute Gasteiger partial charge is 0.286 e. The molecule has 80 valence electrons. The maximum atomic E-state index is 10.5. The minimum atomic E-state index is -4.07. The molecular formula is C5H12O6S2. The topological polar surface area (TPSA) is 97.7 Å². The van der Waals surface area contributed by atoms with Gasteiger partial charge in [-0.05, 0) is 5.92 Å². The molecule has 0 radical (unpaired) electrons. The van der Waals surface area contributed by atoms with Gasteiger partial charge in [-0.3, -0.25) is 8.74 Å². The monoisotopic (exact) mass is 232 g/mol. The molecule has 0 fully saturated rings. The Balaban J connectivity index is 3.98. The van der Waals surface area contributed by atoms with E-state index in [0.717, 1.165) is 6.26 Å². The van der Waals surface area contributed by atoms with Crippen molar-refractivity contribution in [2.45, 2.75) is 6.92 Å². The maximum Gasteiger partial charge on any atom is 0.265 e. The molecule has 13 heavy (non-hydrogen) atoms. The van der Waals surface area contributed by atoms with E-state index in [0.29, 0.717) is 0 Å². The number of hydrogen-bond donors (Lipinski definition) is 1. The lowest BCUT2D eigenvalue weighted by Crippen LogP contribution is -2.19. The van der Waals surface area contributed by atoms with Crippen LogP contribution < -0.4 is 0 Å². The highest BCUT2D eigenvalue weighted by atomic mass is 32.2. The molecule has 6 nitrogen and oxygen atoms in total. The predicted molar refractivity (Wildman–Crippen MR) is 46.4 cm³/mol. The first kappa shape index (κ1) is 12.8. The molecule has 0 aromatic heterocycles. The van der Waals surface area contributed by atoms with E-state index in [1.165, 1.54) is 6.92 Å². The third kappa shape index (κ3) is 9.74. The van der Waals surface area contributed by atoms with E-state index in [1.807, 2.05) is 0 Å². The Morgan fingerprint density at radius 3 is 2.08 bits per heavy atom. The van der Waals surface area contributed by atoms with Gasteiger partial charge in [-0.1, -0.05) is 6.92 Å². The molecule has 0 aliphatic heterocycles. The van der Waals surface area contributed by atoms with Crippen LogP contribution in [0.15, 0.2) is 0 Å². The van der Waals surface area contributed by atoms with Crippen LogP contribution in [0, 0.1) is 5.92 Å². The Bertz CT molecular complexity index is 339. The van der Waals surface area contributed by atoms with Gasteiger partial charge >= 0.3 is 0 Å². The fourth-order valence-corrected chi connectivity index (χ4v) is 1.94. The van der Waals surface area contributed by atoms with Crippen molar-refractivity contribution in [2.75, 3.05) is 18.6 Å². The summed E-state index contributed by atoms with van der Waals surface area (Å²) in [6.45, 7) is 1.21. The zero-order chi connectivity index (χ0) is 10.7. The summed E-state index contributed by atoms with van der Waals surface area (Å²) < 4.78 is 54.3. The summed E-state index contributed by atoms with van der Waals surface area (Å²) in [6.07, 6.45) is 0.868. The van der Waals surface area contributed by atoms with Gasteiger partial charge < -0.3 is 0 Å². The van der Waals surface area contributed by atoms with Gasteiger partial charge in [0.1, 0.15) is 0 Å². The van der Waals surface area contributed by atoms with Gasteiger partial charge in [-0.25, -0.2) is 0 Å². The first-order valence-corrected chi connectivity index (χ1v) is 6.82. The van der Waals surface area contributed by atoms with Crippen LogP contribution >= 0.6 is 0 Å². The van der Waals surface area contributed by atoms with Crippen LogP contribution in [-0.2, 0) is 24.4 Å². The average molecular weight is 232 g/mol. The molecular weight excluding hydrogens is 220 g/mol. The van der Waals surface area contributed by atoms with E-state index in [1.54, 1.807) is 0 Å². The Hall–Kier alpha value is -0.180. The second-order valence-corrected chi connectivity index (χ2v) is 5.98. The molecule has 8 heteroatoms. The highest BCUT2D eigenvalue weighted by Gasteiger charge is 2.14. The second-order valence-electron chi connectivity index (χ2n) is 2.84. The van der Waals surface area contributed by atoms with E-state index < -0.39 is 31.9 Å². The molecule has 0 bridgehead atoms. The van der Waals surface area contributed by atoms with Crippen LogP contribution in [0.4, 0.5) is 0 Å². The van der Waals surface area contributed by atoms with E-state index in [2.05, 4.69) is 4.18 Å². The number of hydrogen-bond acceptors (Lipinski definition) is 5. The molecule has 0 aromatic rings. The third-order valence-corrected chi connectivity index (χ3v) is 2.62. The van der Waals surface area contributed by atoms with Crippen molar-refractivity contribution >= 4 is 20.2 Å². The fourth-order valence-electron chi connectivity index (χ4n) is 0.647. The van der Waals surface area contributed by atoms with Crippen LogP contribution in [0.5, 0.6) is 0 Å². The fraction of sp³-hybridized carbons (Fsp3) is 1.00. The molecule has 0 aromatic carbocycles. The molecule has 0 saturated heterocycles. The first-order valence-electron chi connectivity index (χ1n) is 3.40. The zero-order valence-corrected chi connectivity index (χ0v) is 8.93. The minimum absolute atomic E-state index is 0.251. The molecule has 0 unspecified atom stereocenters. The smallest absolute Gasteiger partial charge is 0.265 e. The molecule has 0 rings (SSSR count). The molecule has 0 aliphatic carbocycles. The summed E-state index contributed by atoms with van der Waals surface area (Å²) in [5.41, 5.74) is 0. The van der Waals surface area contributed by atoms with Crippen LogP contribution in [0.1, 0.15) is 6.92 Å². The normalized spacial score (nSPS) is 15.6. The van der Waals surface area contributed by atoms with Gasteiger partial charge in [0.15, 0.2) is 0 Å². The SMILES string of the molecule is C[C@H](COS(C)(=O)=O)CS(=O)(=O)O. The molecule has 0 spiro atoms. The van der Waals surface area contributed by atoms with Gasteiger partial charge in [0.2, 0.25) is 0 Å². The quantitative estimate of drug-likeness (QED) is 0.506. The summed E-state index contributed by atoms with van der Waals surface area (Å²) in [7, 11) is -7.62. The second kappa shape index (κ2) is 4.36. The molecule has 0 heterocycles. The summed E-state index contributed by atoms with van der Waals surface area (Å²) >= 11 is 0. The van der Waals surface area contributed by atoms with E-state index in [-0.39, 0.29) is 6.61 Å². The van der Waals surface area contributed by atoms with E-state index in [4.69, 9.17) is 4.55 Å². The van der Waals surface area contributed by atoms with E-state index in [9.17, 15) is 16.8 Å². The lowest BCUT2D eigenvalue weighted by molar-refractivity contribution is 0.276. The molecule has 1 N–H and O–H groups in total. The Kier molecular flexibility index (Phi) is 4.30. The first-order chi connectivity index (χ1) is 5.60. The van der Waals surface area contributed by atoms with Crippen molar-refractivity contribution in [1.29, 1.82) is 0 Å². The third-order valence-electron chi connectivity index (χ3n) is 1.06. The summed E-state index contributed by atoms with van der Waals surface area (Å²) in [5.74, 6) is -1.08. The molecule has 0 amide bonds. The van der Waals surface area contributed by atoms with Gasteiger partial charge in [0.05, 0.1) is 18.6 Å². The van der Waals surface area contributed by atoms with Crippen LogP contribution in [0.25, 0.3) is 0 Å². The molecule has 0 aliphatic rings. The van der Waals surface area contributed by atoms with Gasteiger partial charge in [-0.15, -0.1) is 0 Å². The predicted octanol–water partition coefficient (Wildman–Crippen LogP) is -0.514. The standard InChI is InChI=1S/C5H12O6S2/c1-5(4-13(8,9)10)3-11-12(2,6)7/h5H,3-4H2,1-2H3,(H,8,9,10)/t5-/m1/s1. The van der Waals surface area contributed by atoms with Crippen molar-refractivity contribution in [3.63, 3.8) is 0 Å². The Morgan fingerprint density at radius 2 is 1.77 bits per heavy atom. The van der Waals surface area contributed by atoms with E-state index >= 15 is 0 Å². The van der Waals surface area contributed by atoms with Gasteiger partial charge in [0, 0.05) is 0 Å². The Morgan fingerprint density at radius 1 is 1.31 bits per heavy atom. The van der Waals surface area contributed by atoms with Crippen LogP contribution in [0.3, 0.4) is 0 Å². The molecule has 0 saturated carbocycles. The number of rotatable bonds is 5. The lowest BCUT2D eigenvalue weighted by Gasteiger charge is -2.07. The highest BCUT2D eigenvalue weighted by molar-refractivity contribution is 7.86. The maximum absolute atomic E-state index is 10.5. The van der Waals surface area contributed by atoms with Crippen LogP contribution in [-0.4, -0.2) is 40.0 Å². The average Bonchev–Trinajstić information content (AvgIpc) is 1.78. The highest BCUT2D eigenvalue weighted by Crippen LogP contribution is 2.02. The minimum Gasteiger partial charge on any atom is -0.286 e. The van der Waals surface area contributed by atoms with Crippen molar-refractivity contribution in [2.24, 2.45) is 5.92 Å². The Labute approximate surface area is 77.8 Å². The van der Waals surface area contributed by atoms with Crippen LogP contribution in [0.2, 0.25) is 0 Å². The lowest BCUT2D eigenvalue weighted by atomic mass is 10.2. The summed E-state index contributed by atoms with van der Waals surface area (Å²) in [6, 6.07) is 0. The zero-order valence-electron chi connectivity index (χ0n) is 7.30.